The quantitative estimate of drug-likeness (QED) is 0.809. The Kier molecular flexibility index (Phi) is 5.06. The molecule has 5 heteroatoms. The molecule has 0 saturated carbocycles. The summed E-state index contributed by atoms with van der Waals surface area (Å²) >= 11 is 13.2. The van der Waals surface area contributed by atoms with Crippen molar-refractivity contribution in [1.29, 1.82) is 0 Å². The van der Waals surface area contributed by atoms with Gasteiger partial charge in [0.15, 0.2) is 0 Å². The van der Waals surface area contributed by atoms with Gasteiger partial charge in [-0.1, -0.05) is 23.2 Å². The minimum absolute atomic E-state index is 0.0226. The molecule has 0 amide bonds. The Bertz CT molecular complexity index is 309. The Morgan fingerprint density at radius 1 is 1.43 bits per heavy atom. The fraction of sp³-hybridized carbons (Fsp3) is 0.333. The Hall–Kier alpha value is 0.0700. The van der Waals surface area contributed by atoms with Crippen LogP contribution in [0.25, 0.3) is 0 Å². The molecule has 0 fully saturated rings. The van der Waals surface area contributed by atoms with Gasteiger partial charge in [0.25, 0.3) is 0 Å². The van der Waals surface area contributed by atoms with Gasteiger partial charge in [-0.25, -0.2) is 0 Å². The van der Waals surface area contributed by atoms with Crippen LogP contribution in [0.1, 0.15) is 0 Å². The number of rotatable bonds is 4. The number of benzene rings is 1. The number of hydrogen-bond acceptors (Lipinski definition) is 3. The van der Waals surface area contributed by atoms with Crippen LogP contribution in [-0.4, -0.2) is 23.5 Å². The summed E-state index contributed by atoms with van der Waals surface area (Å²) in [7, 11) is 0. The highest BCUT2D eigenvalue weighted by Crippen LogP contribution is 2.29. The average molecular weight is 252 g/mol. The first-order valence-electron chi connectivity index (χ1n) is 4.07. The summed E-state index contributed by atoms with van der Waals surface area (Å²) in [6, 6.07) is 5.05. The number of aliphatic hydroxyl groups excluding tert-OH is 1. The third-order valence-corrected chi connectivity index (χ3v) is 3.50. The summed E-state index contributed by atoms with van der Waals surface area (Å²) in [6.07, 6.45) is 0. The first-order chi connectivity index (χ1) is 6.63. The summed E-state index contributed by atoms with van der Waals surface area (Å²) in [5, 5.41) is 10.0. The van der Waals surface area contributed by atoms with Crippen LogP contribution in [0.5, 0.6) is 0 Å². The fourth-order valence-corrected chi connectivity index (χ4v) is 2.27. The summed E-state index contributed by atoms with van der Waals surface area (Å²) in [5.41, 5.74) is 5.56. The zero-order valence-electron chi connectivity index (χ0n) is 7.41. The number of hydrogen-bond donors (Lipinski definition) is 2. The molecule has 3 N–H and O–H groups in total. The van der Waals surface area contributed by atoms with Crippen molar-refractivity contribution in [3.8, 4) is 0 Å². The topological polar surface area (TPSA) is 46.2 Å². The lowest BCUT2D eigenvalue weighted by Gasteiger charge is -2.08. The van der Waals surface area contributed by atoms with Crippen molar-refractivity contribution < 1.29 is 5.11 Å². The fourth-order valence-electron chi connectivity index (χ4n) is 0.837. The van der Waals surface area contributed by atoms with Crippen molar-refractivity contribution >= 4 is 35.0 Å². The van der Waals surface area contributed by atoms with E-state index in [1.54, 1.807) is 18.2 Å². The van der Waals surface area contributed by atoms with E-state index in [0.29, 0.717) is 15.8 Å². The van der Waals surface area contributed by atoms with Gasteiger partial charge in [-0.3, -0.25) is 0 Å². The van der Waals surface area contributed by atoms with E-state index in [4.69, 9.17) is 34.0 Å². The van der Waals surface area contributed by atoms with Gasteiger partial charge >= 0.3 is 0 Å². The molecule has 1 unspecified atom stereocenters. The Labute approximate surface area is 97.4 Å². The van der Waals surface area contributed by atoms with Gasteiger partial charge in [-0.05, 0) is 18.2 Å². The second-order valence-electron chi connectivity index (χ2n) is 2.83. The van der Waals surface area contributed by atoms with E-state index in [1.165, 1.54) is 11.8 Å². The van der Waals surface area contributed by atoms with Gasteiger partial charge in [-0.15, -0.1) is 11.8 Å². The molecule has 14 heavy (non-hydrogen) atoms. The molecule has 1 rings (SSSR count). The third-order valence-electron chi connectivity index (χ3n) is 1.58. The van der Waals surface area contributed by atoms with Crippen LogP contribution < -0.4 is 5.73 Å². The number of halogens is 2. The molecular weight excluding hydrogens is 241 g/mol. The molecule has 1 atom stereocenters. The van der Waals surface area contributed by atoms with Gasteiger partial charge in [-0.2, -0.15) is 0 Å². The molecule has 78 valence electrons. The lowest BCUT2D eigenvalue weighted by molar-refractivity contribution is 0.275. The van der Waals surface area contributed by atoms with Crippen molar-refractivity contribution in [1.82, 2.24) is 0 Å². The summed E-state index contributed by atoms with van der Waals surface area (Å²) < 4.78 is 0. The van der Waals surface area contributed by atoms with Gasteiger partial charge in [0.05, 0.1) is 11.6 Å². The van der Waals surface area contributed by atoms with Crippen molar-refractivity contribution in [3.05, 3.63) is 28.2 Å². The second-order valence-corrected chi connectivity index (χ2v) is 4.73. The maximum atomic E-state index is 8.74. The highest BCUT2D eigenvalue weighted by atomic mass is 35.5. The molecule has 1 aromatic carbocycles. The van der Waals surface area contributed by atoms with Crippen molar-refractivity contribution in [2.24, 2.45) is 5.73 Å². The summed E-state index contributed by atoms with van der Waals surface area (Å²) in [4.78, 5) is 0.892. The van der Waals surface area contributed by atoms with E-state index in [9.17, 15) is 0 Å². The smallest absolute Gasteiger partial charge is 0.0590 e. The first-order valence-corrected chi connectivity index (χ1v) is 5.82. The molecule has 0 radical (unpaired) electrons. The normalized spacial score (nSPS) is 12.9. The van der Waals surface area contributed by atoms with Crippen LogP contribution in [0.15, 0.2) is 23.1 Å². The first kappa shape index (κ1) is 12.1. The molecular formula is C9H11Cl2NOS. The molecule has 1 aromatic rings. The number of nitrogens with two attached hydrogens (primary N) is 1. The van der Waals surface area contributed by atoms with E-state index in [-0.39, 0.29) is 12.6 Å². The van der Waals surface area contributed by atoms with Crippen LogP contribution in [0.3, 0.4) is 0 Å². The standard InChI is InChI=1S/C9H11Cl2NOS/c10-6-1-2-8(11)9(3-6)14-5-7(12)4-13/h1-3,7,13H,4-5,12H2. The van der Waals surface area contributed by atoms with E-state index < -0.39 is 0 Å². The molecule has 0 spiro atoms. The largest absolute Gasteiger partial charge is 0.395 e. The summed E-state index contributed by atoms with van der Waals surface area (Å²) in [6.45, 7) is -0.0226. The SMILES string of the molecule is NC(CO)CSc1cc(Cl)ccc1Cl. The van der Waals surface area contributed by atoms with Crippen molar-refractivity contribution in [2.45, 2.75) is 10.9 Å². The van der Waals surface area contributed by atoms with Gasteiger partial charge in [0.1, 0.15) is 0 Å². The van der Waals surface area contributed by atoms with Crippen LogP contribution >= 0.6 is 35.0 Å². The maximum Gasteiger partial charge on any atom is 0.0590 e. The van der Waals surface area contributed by atoms with E-state index in [2.05, 4.69) is 0 Å². The van der Waals surface area contributed by atoms with E-state index in [0.717, 1.165) is 4.90 Å². The molecule has 0 saturated heterocycles. The Morgan fingerprint density at radius 2 is 2.14 bits per heavy atom. The third kappa shape index (κ3) is 3.67. The minimum Gasteiger partial charge on any atom is -0.395 e. The van der Waals surface area contributed by atoms with Gasteiger partial charge in [0, 0.05) is 21.7 Å². The molecule has 0 heterocycles. The van der Waals surface area contributed by atoms with Crippen LogP contribution in [0.4, 0.5) is 0 Å². The Balaban J connectivity index is 2.62. The van der Waals surface area contributed by atoms with Gasteiger partial charge in [0.2, 0.25) is 0 Å². The number of thioether (sulfide) groups is 1. The monoisotopic (exact) mass is 251 g/mol. The molecule has 0 aliphatic rings. The molecule has 0 aliphatic heterocycles. The molecule has 2 nitrogen and oxygen atoms in total. The van der Waals surface area contributed by atoms with Crippen LogP contribution in [0.2, 0.25) is 10.0 Å². The zero-order valence-corrected chi connectivity index (χ0v) is 9.74. The molecule has 0 aliphatic carbocycles. The highest BCUT2D eigenvalue weighted by molar-refractivity contribution is 7.99. The Morgan fingerprint density at radius 3 is 2.79 bits per heavy atom. The average Bonchev–Trinajstić information content (AvgIpc) is 2.19. The molecule has 0 bridgehead atoms. The van der Waals surface area contributed by atoms with Crippen LogP contribution in [-0.2, 0) is 0 Å². The maximum absolute atomic E-state index is 8.74. The molecule has 0 aromatic heterocycles. The lowest BCUT2D eigenvalue weighted by atomic mass is 10.4. The van der Waals surface area contributed by atoms with E-state index in [1.807, 2.05) is 0 Å². The van der Waals surface area contributed by atoms with Gasteiger partial charge < -0.3 is 10.8 Å². The minimum atomic E-state index is -0.227. The lowest BCUT2D eigenvalue weighted by Crippen LogP contribution is -2.26. The predicted octanol–water partition coefficient (Wildman–Crippen LogP) is 2.41. The zero-order chi connectivity index (χ0) is 10.6. The van der Waals surface area contributed by atoms with Crippen molar-refractivity contribution in [3.63, 3.8) is 0 Å². The number of aliphatic hydroxyl groups is 1. The predicted molar refractivity (Wildman–Crippen MR) is 62.2 cm³/mol. The van der Waals surface area contributed by atoms with Crippen molar-refractivity contribution in [2.75, 3.05) is 12.4 Å². The summed E-state index contributed by atoms with van der Waals surface area (Å²) in [5.74, 6) is 0.622. The second kappa shape index (κ2) is 5.83. The van der Waals surface area contributed by atoms with E-state index >= 15 is 0 Å². The van der Waals surface area contributed by atoms with Crippen LogP contribution in [0, 0.1) is 0 Å². The highest BCUT2D eigenvalue weighted by Gasteiger charge is 2.05.